The number of amides is 2. The number of benzene rings is 2. The molecular formula is C23H26N2O6S. The number of aliphatic hydroxyl groups excluding tert-OH is 1. The number of carbonyl (C=O) groups is 2. The molecule has 2 aromatic rings. The molecule has 2 aliphatic rings. The van der Waals surface area contributed by atoms with Gasteiger partial charge in [0.15, 0.2) is 17.7 Å². The van der Waals surface area contributed by atoms with Crippen LogP contribution in [0.15, 0.2) is 47.4 Å². The van der Waals surface area contributed by atoms with Gasteiger partial charge in [0.05, 0.1) is 31.5 Å². The monoisotopic (exact) mass is 458 g/mol. The molecule has 0 radical (unpaired) electrons. The SMILES string of the molecule is COc1cc2c(cc1OC)N(C(=O)OCCSc1ccccc1)[C@@H](O)[C@@H]1CCCN1C2=O. The fraction of sp³-hybridized carbons (Fsp3) is 0.391. The van der Waals surface area contributed by atoms with Crippen molar-refractivity contribution in [2.45, 2.75) is 30.0 Å². The molecule has 2 atom stereocenters. The Bertz CT molecular complexity index is 986. The number of aliphatic hydroxyl groups is 1. The number of thioether (sulfide) groups is 1. The topological polar surface area (TPSA) is 88.5 Å². The highest BCUT2D eigenvalue weighted by molar-refractivity contribution is 7.99. The molecule has 1 saturated heterocycles. The average Bonchev–Trinajstić information content (AvgIpc) is 3.29. The van der Waals surface area contributed by atoms with Crippen molar-refractivity contribution in [2.75, 3.05) is 38.0 Å². The van der Waals surface area contributed by atoms with E-state index in [0.717, 1.165) is 11.3 Å². The van der Waals surface area contributed by atoms with E-state index < -0.39 is 18.4 Å². The molecule has 8 nitrogen and oxygen atoms in total. The number of hydrogen-bond donors (Lipinski definition) is 1. The Labute approximate surface area is 191 Å². The van der Waals surface area contributed by atoms with Crippen molar-refractivity contribution in [3.05, 3.63) is 48.0 Å². The van der Waals surface area contributed by atoms with Crippen LogP contribution in [0.25, 0.3) is 0 Å². The molecule has 1 fully saturated rings. The quantitative estimate of drug-likeness (QED) is 0.524. The first-order chi connectivity index (χ1) is 15.5. The summed E-state index contributed by atoms with van der Waals surface area (Å²) in [4.78, 5) is 30.2. The molecule has 170 valence electrons. The highest BCUT2D eigenvalue weighted by Gasteiger charge is 2.45. The number of carbonyl (C=O) groups excluding carboxylic acids is 2. The van der Waals surface area contributed by atoms with Crippen molar-refractivity contribution in [1.82, 2.24) is 4.90 Å². The average molecular weight is 459 g/mol. The Morgan fingerprint density at radius 3 is 2.59 bits per heavy atom. The minimum atomic E-state index is -1.23. The lowest BCUT2D eigenvalue weighted by atomic mass is 10.1. The number of methoxy groups -OCH3 is 2. The second-order valence-electron chi connectivity index (χ2n) is 7.49. The van der Waals surface area contributed by atoms with Crippen LogP contribution in [-0.2, 0) is 4.74 Å². The summed E-state index contributed by atoms with van der Waals surface area (Å²) in [6.45, 7) is 0.678. The molecular weight excluding hydrogens is 432 g/mol. The van der Waals surface area contributed by atoms with Gasteiger partial charge in [-0.25, -0.2) is 9.69 Å². The molecule has 0 unspecified atom stereocenters. The summed E-state index contributed by atoms with van der Waals surface area (Å²) in [5, 5.41) is 11.1. The van der Waals surface area contributed by atoms with E-state index in [2.05, 4.69) is 0 Å². The smallest absolute Gasteiger partial charge is 0.416 e. The molecule has 2 heterocycles. The van der Waals surface area contributed by atoms with Gasteiger partial charge in [0.1, 0.15) is 6.61 Å². The van der Waals surface area contributed by atoms with Crippen molar-refractivity contribution >= 4 is 29.4 Å². The van der Waals surface area contributed by atoms with E-state index >= 15 is 0 Å². The van der Waals surface area contributed by atoms with Crippen LogP contribution in [0.3, 0.4) is 0 Å². The van der Waals surface area contributed by atoms with Crippen LogP contribution >= 0.6 is 11.8 Å². The van der Waals surface area contributed by atoms with Crippen LogP contribution in [0.1, 0.15) is 23.2 Å². The molecule has 9 heteroatoms. The molecule has 2 aliphatic heterocycles. The number of hydrogen-bond acceptors (Lipinski definition) is 7. The summed E-state index contributed by atoms with van der Waals surface area (Å²) in [7, 11) is 2.95. The van der Waals surface area contributed by atoms with Gasteiger partial charge in [0, 0.05) is 23.3 Å². The van der Waals surface area contributed by atoms with Gasteiger partial charge in [-0.3, -0.25) is 4.79 Å². The van der Waals surface area contributed by atoms with Gasteiger partial charge in [-0.15, -0.1) is 11.8 Å². The second-order valence-corrected chi connectivity index (χ2v) is 8.66. The summed E-state index contributed by atoms with van der Waals surface area (Å²) >= 11 is 1.57. The van der Waals surface area contributed by atoms with E-state index in [1.807, 2.05) is 30.3 Å². The van der Waals surface area contributed by atoms with E-state index in [9.17, 15) is 14.7 Å². The maximum absolute atomic E-state index is 13.3. The third-order valence-corrected chi connectivity index (χ3v) is 6.65. The van der Waals surface area contributed by atoms with Gasteiger partial charge in [-0.05, 0) is 31.0 Å². The minimum absolute atomic E-state index is 0.159. The van der Waals surface area contributed by atoms with Crippen molar-refractivity contribution in [3.63, 3.8) is 0 Å². The number of rotatable bonds is 6. The first-order valence-electron chi connectivity index (χ1n) is 10.4. The Kier molecular flexibility index (Phi) is 6.76. The van der Waals surface area contributed by atoms with Crippen LogP contribution in [0.5, 0.6) is 11.5 Å². The molecule has 0 spiro atoms. The van der Waals surface area contributed by atoms with E-state index in [4.69, 9.17) is 14.2 Å². The summed E-state index contributed by atoms with van der Waals surface area (Å²) in [6, 6.07) is 12.4. The van der Waals surface area contributed by atoms with Gasteiger partial charge in [0.2, 0.25) is 0 Å². The minimum Gasteiger partial charge on any atom is -0.493 e. The van der Waals surface area contributed by atoms with Crippen molar-refractivity contribution < 1.29 is 28.9 Å². The van der Waals surface area contributed by atoms with Crippen molar-refractivity contribution in [1.29, 1.82) is 0 Å². The lowest BCUT2D eigenvalue weighted by Crippen LogP contribution is -2.51. The fourth-order valence-corrected chi connectivity index (χ4v) is 4.90. The van der Waals surface area contributed by atoms with Crippen LogP contribution < -0.4 is 14.4 Å². The third-order valence-electron chi connectivity index (χ3n) is 5.68. The zero-order chi connectivity index (χ0) is 22.7. The van der Waals surface area contributed by atoms with E-state index in [1.165, 1.54) is 25.2 Å². The highest BCUT2D eigenvalue weighted by atomic mass is 32.2. The normalized spacial score (nSPS) is 19.8. The van der Waals surface area contributed by atoms with Gasteiger partial charge < -0.3 is 24.2 Å². The van der Waals surface area contributed by atoms with Crippen LogP contribution in [0.2, 0.25) is 0 Å². The third kappa shape index (κ3) is 4.22. The van der Waals surface area contributed by atoms with Gasteiger partial charge in [-0.2, -0.15) is 0 Å². The largest absolute Gasteiger partial charge is 0.493 e. The molecule has 0 saturated carbocycles. The highest BCUT2D eigenvalue weighted by Crippen LogP contribution is 2.41. The first-order valence-corrected chi connectivity index (χ1v) is 11.4. The lowest BCUT2D eigenvalue weighted by molar-refractivity contribution is 0.0493. The van der Waals surface area contributed by atoms with E-state index in [0.29, 0.717) is 30.2 Å². The number of anilines is 1. The lowest BCUT2D eigenvalue weighted by Gasteiger charge is -2.31. The molecule has 0 aliphatic carbocycles. The zero-order valence-electron chi connectivity index (χ0n) is 18.0. The number of nitrogens with zero attached hydrogens (tertiary/aromatic N) is 2. The molecule has 2 aromatic carbocycles. The van der Waals surface area contributed by atoms with E-state index in [-0.39, 0.29) is 23.8 Å². The standard InChI is InChI=1S/C23H26N2O6S/c1-29-19-13-16-18(14-20(19)30-2)25(22(27)17-9-6-10-24(17)21(16)26)23(28)31-11-12-32-15-7-4-3-5-8-15/h3-5,7-8,13-14,17,22,27H,6,9-12H2,1-2H3/t17-,22-/m0/s1. The van der Waals surface area contributed by atoms with Crippen LogP contribution in [-0.4, -0.2) is 67.4 Å². The van der Waals surface area contributed by atoms with Crippen molar-refractivity contribution in [2.24, 2.45) is 0 Å². The van der Waals surface area contributed by atoms with E-state index in [1.54, 1.807) is 22.7 Å². The van der Waals surface area contributed by atoms with Gasteiger partial charge in [0.25, 0.3) is 5.91 Å². The summed E-state index contributed by atoms with van der Waals surface area (Å²) < 4.78 is 16.2. The summed E-state index contributed by atoms with van der Waals surface area (Å²) in [5.74, 6) is 1.04. The molecule has 2 amide bonds. The predicted octanol–water partition coefficient (Wildman–Crippen LogP) is 3.38. The number of ether oxygens (including phenoxy) is 3. The Morgan fingerprint density at radius 1 is 1.16 bits per heavy atom. The summed E-state index contributed by atoms with van der Waals surface area (Å²) in [6.07, 6.45) is -0.577. The maximum Gasteiger partial charge on any atom is 0.416 e. The first kappa shape index (κ1) is 22.3. The maximum atomic E-state index is 13.3. The summed E-state index contributed by atoms with van der Waals surface area (Å²) in [5.41, 5.74) is 0.511. The Hall–Kier alpha value is -2.91. The molecule has 4 rings (SSSR count). The van der Waals surface area contributed by atoms with Gasteiger partial charge >= 0.3 is 6.09 Å². The van der Waals surface area contributed by atoms with Crippen LogP contribution in [0.4, 0.5) is 10.5 Å². The van der Waals surface area contributed by atoms with Crippen LogP contribution in [0, 0.1) is 0 Å². The van der Waals surface area contributed by atoms with Crippen molar-refractivity contribution in [3.8, 4) is 11.5 Å². The fourth-order valence-electron chi connectivity index (χ4n) is 4.14. The number of fused-ring (bicyclic) bond motifs is 2. The molecule has 0 aromatic heterocycles. The second kappa shape index (κ2) is 9.70. The Morgan fingerprint density at radius 2 is 1.88 bits per heavy atom. The predicted molar refractivity (Wildman–Crippen MR) is 121 cm³/mol. The molecule has 32 heavy (non-hydrogen) atoms. The molecule has 1 N–H and O–H groups in total. The van der Waals surface area contributed by atoms with Gasteiger partial charge in [-0.1, -0.05) is 18.2 Å². The Balaban J connectivity index is 1.60. The molecule has 0 bridgehead atoms. The zero-order valence-corrected chi connectivity index (χ0v) is 18.8.